The summed E-state index contributed by atoms with van der Waals surface area (Å²) in [5, 5.41) is 0. The highest BCUT2D eigenvalue weighted by atomic mass is 16.1. The Morgan fingerprint density at radius 2 is 1.44 bits per heavy atom. The summed E-state index contributed by atoms with van der Waals surface area (Å²) in [5.41, 5.74) is 5.02. The fourth-order valence-electron chi connectivity index (χ4n) is 1.35. The van der Waals surface area contributed by atoms with Crippen LogP contribution < -0.4 is 5.73 Å². The van der Waals surface area contributed by atoms with Crippen molar-refractivity contribution >= 4 is 11.6 Å². The van der Waals surface area contributed by atoms with Crippen LogP contribution in [-0.4, -0.2) is 17.6 Å². The molecule has 0 aliphatic carbocycles. The summed E-state index contributed by atoms with van der Waals surface area (Å²) in [5.74, 6) is 0.180. The topological polar surface area (TPSA) is 60.2 Å². The monoisotopic (exact) mass is 227 g/mol. The van der Waals surface area contributed by atoms with Crippen molar-refractivity contribution in [2.75, 3.05) is 0 Å². The van der Waals surface area contributed by atoms with E-state index in [2.05, 4.69) is 0 Å². The summed E-state index contributed by atoms with van der Waals surface area (Å²) in [6.45, 7) is 11.2. The predicted octanol–water partition coefficient (Wildman–Crippen LogP) is 2.32. The van der Waals surface area contributed by atoms with E-state index >= 15 is 0 Å². The number of carbonyl (C=O) groups excluding carboxylic acids is 2. The van der Waals surface area contributed by atoms with Gasteiger partial charge in [0, 0.05) is 17.3 Å². The van der Waals surface area contributed by atoms with E-state index in [1.54, 1.807) is 0 Å². The first-order valence-electron chi connectivity index (χ1n) is 5.79. The summed E-state index contributed by atoms with van der Waals surface area (Å²) in [6, 6.07) is -0.522. The third kappa shape index (κ3) is 4.88. The first kappa shape index (κ1) is 15.3. The summed E-state index contributed by atoms with van der Waals surface area (Å²) in [6.07, 6.45) is 0.832. The second-order valence-corrected chi connectivity index (χ2v) is 6.43. The maximum Gasteiger partial charge on any atom is 0.154 e. The molecule has 0 aromatic carbocycles. The summed E-state index contributed by atoms with van der Waals surface area (Å²) < 4.78 is 0. The van der Waals surface area contributed by atoms with Gasteiger partial charge in [0.1, 0.15) is 5.78 Å². The van der Waals surface area contributed by atoms with E-state index in [1.807, 2.05) is 41.5 Å². The summed E-state index contributed by atoms with van der Waals surface area (Å²) >= 11 is 0. The van der Waals surface area contributed by atoms with Gasteiger partial charge in [0.2, 0.25) is 0 Å². The van der Waals surface area contributed by atoms with E-state index in [0.717, 1.165) is 0 Å². The molecule has 0 saturated carbocycles. The molecule has 0 amide bonds. The molecule has 0 radical (unpaired) electrons. The second-order valence-electron chi connectivity index (χ2n) is 6.43. The van der Waals surface area contributed by atoms with Gasteiger partial charge in [-0.2, -0.15) is 0 Å². The van der Waals surface area contributed by atoms with Crippen LogP contribution >= 0.6 is 0 Å². The molecule has 0 bridgehead atoms. The van der Waals surface area contributed by atoms with Crippen molar-refractivity contribution in [2.45, 2.75) is 60.4 Å². The molecule has 16 heavy (non-hydrogen) atoms. The van der Waals surface area contributed by atoms with Gasteiger partial charge >= 0.3 is 0 Å². The van der Waals surface area contributed by atoms with E-state index in [4.69, 9.17) is 5.73 Å². The number of ketones is 2. The van der Waals surface area contributed by atoms with Crippen molar-refractivity contribution in [1.82, 2.24) is 0 Å². The Balaban J connectivity index is 4.25. The molecule has 0 rings (SSSR count). The van der Waals surface area contributed by atoms with E-state index < -0.39 is 11.5 Å². The lowest BCUT2D eigenvalue weighted by molar-refractivity contribution is -0.129. The van der Waals surface area contributed by atoms with Gasteiger partial charge < -0.3 is 5.73 Å². The molecule has 0 unspecified atom stereocenters. The molecule has 0 aliphatic heterocycles. The number of nitrogens with two attached hydrogens (primary N) is 1. The predicted molar refractivity (Wildman–Crippen MR) is 66.1 cm³/mol. The zero-order chi connectivity index (χ0) is 13.1. The van der Waals surface area contributed by atoms with Crippen molar-refractivity contribution in [1.29, 1.82) is 0 Å². The number of hydrogen-bond acceptors (Lipinski definition) is 3. The zero-order valence-electron chi connectivity index (χ0n) is 11.4. The van der Waals surface area contributed by atoms with Crippen LogP contribution in [0, 0.1) is 10.8 Å². The largest absolute Gasteiger partial charge is 0.321 e. The van der Waals surface area contributed by atoms with Gasteiger partial charge in [-0.1, -0.05) is 41.5 Å². The van der Waals surface area contributed by atoms with Crippen molar-refractivity contribution in [2.24, 2.45) is 16.6 Å². The molecule has 3 nitrogen and oxygen atoms in total. The van der Waals surface area contributed by atoms with Crippen LogP contribution in [0.3, 0.4) is 0 Å². The molecule has 0 heterocycles. The van der Waals surface area contributed by atoms with Gasteiger partial charge in [-0.15, -0.1) is 0 Å². The first-order valence-corrected chi connectivity index (χ1v) is 5.79. The lowest BCUT2D eigenvalue weighted by Crippen LogP contribution is -2.39. The molecule has 0 saturated heterocycles. The van der Waals surface area contributed by atoms with E-state index in [0.29, 0.717) is 12.8 Å². The Bertz CT molecular complexity index is 269. The van der Waals surface area contributed by atoms with Crippen LogP contribution in [0.25, 0.3) is 0 Å². The zero-order valence-corrected chi connectivity index (χ0v) is 11.4. The van der Waals surface area contributed by atoms with Gasteiger partial charge in [-0.3, -0.25) is 9.59 Å². The highest BCUT2D eigenvalue weighted by molar-refractivity contribution is 5.89. The Kier molecular flexibility index (Phi) is 4.86. The van der Waals surface area contributed by atoms with Gasteiger partial charge in [0.25, 0.3) is 0 Å². The van der Waals surface area contributed by atoms with Crippen molar-refractivity contribution in [3.63, 3.8) is 0 Å². The number of Topliss-reactive ketones (excluding diaryl/α,β-unsaturated/α-hetero) is 2. The second kappa shape index (κ2) is 5.09. The minimum atomic E-state index is -0.522. The molecule has 2 N–H and O–H groups in total. The van der Waals surface area contributed by atoms with Crippen molar-refractivity contribution in [3.8, 4) is 0 Å². The van der Waals surface area contributed by atoms with Gasteiger partial charge in [-0.25, -0.2) is 0 Å². The molecular formula is C13H25NO2. The highest BCUT2D eigenvalue weighted by Gasteiger charge is 2.28. The lowest BCUT2D eigenvalue weighted by atomic mass is 9.83. The number of carbonyl (C=O) groups is 2. The Labute approximate surface area is 98.8 Å². The smallest absolute Gasteiger partial charge is 0.154 e. The Hall–Kier alpha value is -0.700. The van der Waals surface area contributed by atoms with Crippen molar-refractivity contribution in [3.05, 3.63) is 0 Å². The van der Waals surface area contributed by atoms with Crippen LogP contribution in [-0.2, 0) is 9.59 Å². The fourth-order valence-corrected chi connectivity index (χ4v) is 1.35. The molecule has 0 aromatic rings. The third-order valence-corrected chi connectivity index (χ3v) is 2.59. The summed E-state index contributed by atoms with van der Waals surface area (Å²) in [7, 11) is 0. The van der Waals surface area contributed by atoms with Crippen molar-refractivity contribution < 1.29 is 9.59 Å². The number of hydrogen-bond donors (Lipinski definition) is 1. The molecule has 0 aliphatic rings. The fraction of sp³-hybridized carbons (Fsp3) is 0.846. The minimum Gasteiger partial charge on any atom is -0.321 e. The molecule has 94 valence electrons. The lowest BCUT2D eigenvalue weighted by Gasteiger charge is -2.23. The first-order chi connectivity index (χ1) is 6.96. The van der Waals surface area contributed by atoms with Crippen LogP contribution in [0.2, 0.25) is 0 Å². The van der Waals surface area contributed by atoms with Gasteiger partial charge in [0.05, 0.1) is 6.04 Å². The standard InChI is InChI=1S/C13H25NO2/c1-12(2,3)10(15)8-7-9(14)11(16)13(4,5)6/h9H,7-8,14H2,1-6H3/t9-/m0/s1. The van der Waals surface area contributed by atoms with E-state index in [-0.39, 0.29) is 17.0 Å². The quantitative estimate of drug-likeness (QED) is 0.801. The normalized spacial score (nSPS) is 14.7. The molecule has 0 spiro atoms. The average molecular weight is 227 g/mol. The Morgan fingerprint density at radius 1 is 1.00 bits per heavy atom. The van der Waals surface area contributed by atoms with Crippen LogP contribution in [0.4, 0.5) is 0 Å². The third-order valence-electron chi connectivity index (χ3n) is 2.59. The van der Waals surface area contributed by atoms with Gasteiger partial charge in [0.15, 0.2) is 5.78 Å². The average Bonchev–Trinajstić information content (AvgIpc) is 2.09. The van der Waals surface area contributed by atoms with Crippen LogP contribution in [0.15, 0.2) is 0 Å². The highest BCUT2D eigenvalue weighted by Crippen LogP contribution is 2.21. The van der Waals surface area contributed by atoms with E-state index in [1.165, 1.54) is 0 Å². The van der Waals surface area contributed by atoms with Crippen LogP contribution in [0.5, 0.6) is 0 Å². The van der Waals surface area contributed by atoms with Crippen LogP contribution in [0.1, 0.15) is 54.4 Å². The molecular weight excluding hydrogens is 202 g/mol. The SMILES string of the molecule is CC(C)(C)C(=O)CC[C@H](N)C(=O)C(C)(C)C. The number of rotatable bonds is 4. The minimum absolute atomic E-state index is 0.0224. The Morgan fingerprint density at radius 3 is 1.75 bits per heavy atom. The summed E-state index contributed by atoms with van der Waals surface area (Å²) in [4.78, 5) is 23.5. The molecule has 0 aromatic heterocycles. The molecule has 0 fully saturated rings. The molecule has 3 heteroatoms. The molecule has 1 atom stereocenters. The maximum absolute atomic E-state index is 11.8. The van der Waals surface area contributed by atoms with Gasteiger partial charge in [-0.05, 0) is 6.42 Å². The van der Waals surface area contributed by atoms with E-state index in [9.17, 15) is 9.59 Å². The maximum atomic E-state index is 11.8.